The van der Waals surface area contributed by atoms with E-state index in [1.807, 2.05) is 0 Å². The molecular formula is C8H11N3O3S. The molecule has 1 aromatic heterocycles. The fourth-order valence-electron chi connectivity index (χ4n) is 1.00. The first-order valence-corrected chi connectivity index (χ1v) is 5.16. The molecule has 15 heavy (non-hydrogen) atoms. The van der Waals surface area contributed by atoms with E-state index < -0.39 is 17.9 Å². The van der Waals surface area contributed by atoms with Crippen molar-refractivity contribution in [1.29, 1.82) is 0 Å². The summed E-state index contributed by atoms with van der Waals surface area (Å²) >= 11 is 0.956. The number of aryl methyl sites for hydroxylation is 1. The number of hydrogen-bond acceptors (Lipinski definition) is 5. The third-order valence-electron chi connectivity index (χ3n) is 1.87. The minimum Gasteiger partial charge on any atom is -0.480 e. The van der Waals surface area contributed by atoms with E-state index in [2.05, 4.69) is 14.9 Å². The number of aromatic nitrogens is 2. The maximum absolute atomic E-state index is 11.6. The molecule has 0 saturated carbocycles. The number of carbonyl (C=O) groups excluding carboxylic acids is 1. The van der Waals surface area contributed by atoms with Crippen molar-refractivity contribution < 1.29 is 14.7 Å². The standard InChI is InChI=1S/C8H11N3O3S/c1-3-5(8(13)14)9-7(12)6-4(2)10-11-15-6/h5H,3H2,1-2H3,(H,9,12)(H,13,14)/t5-/m1/s1. The molecule has 0 aliphatic heterocycles. The van der Waals surface area contributed by atoms with E-state index in [-0.39, 0.29) is 0 Å². The van der Waals surface area contributed by atoms with Crippen LogP contribution in [-0.4, -0.2) is 32.6 Å². The second-order valence-electron chi connectivity index (χ2n) is 2.96. The lowest BCUT2D eigenvalue weighted by molar-refractivity contribution is -0.139. The summed E-state index contributed by atoms with van der Waals surface area (Å²) in [6.07, 6.45) is 0.340. The fraction of sp³-hybridized carbons (Fsp3) is 0.500. The average molecular weight is 229 g/mol. The SMILES string of the molecule is CC[C@@H](NC(=O)c1snnc1C)C(=O)O. The largest absolute Gasteiger partial charge is 0.480 e. The summed E-state index contributed by atoms with van der Waals surface area (Å²) in [5, 5.41) is 14.8. The Morgan fingerprint density at radius 1 is 1.60 bits per heavy atom. The van der Waals surface area contributed by atoms with Crippen LogP contribution in [0.2, 0.25) is 0 Å². The van der Waals surface area contributed by atoms with Crippen molar-refractivity contribution in [2.45, 2.75) is 26.3 Å². The Bertz CT molecular complexity index is 377. The summed E-state index contributed by atoms with van der Waals surface area (Å²) in [7, 11) is 0. The van der Waals surface area contributed by atoms with Gasteiger partial charge in [-0.1, -0.05) is 11.4 Å². The second kappa shape index (κ2) is 4.83. The maximum Gasteiger partial charge on any atom is 0.326 e. The molecule has 0 aromatic carbocycles. The summed E-state index contributed by atoms with van der Waals surface area (Å²) in [6.45, 7) is 3.34. The molecule has 0 saturated heterocycles. The van der Waals surface area contributed by atoms with E-state index in [4.69, 9.17) is 5.11 Å². The van der Waals surface area contributed by atoms with Crippen molar-refractivity contribution in [3.63, 3.8) is 0 Å². The first-order chi connectivity index (χ1) is 7.06. The number of nitrogens with one attached hydrogen (secondary N) is 1. The summed E-state index contributed by atoms with van der Waals surface area (Å²) in [4.78, 5) is 22.6. The summed E-state index contributed by atoms with van der Waals surface area (Å²) in [6, 6.07) is -0.862. The molecule has 0 radical (unpaired) electrons. The molecule has 0 aliphatic rings. The molecular weight excluding hydrogens is 218 g/mol. The molecule has 1 aromatic rings. The van der Waals surface area contributed by atoms with Gasteiger partial charge in [0.1, 0.15) is 10.9 Å². The number of nitrogens with zero attached hydrogens (tertiary/aromatic N) is 2. The number of carboxylic acid groups (broad SMARTS) is 1. The number of hydrogen-bond donors (Lipinski definition) is 2. The van der Waals surface area contributed by atoms with Gasteiger partial charge in [0, 0.05) is 0 Å². The lowest BCUT2D eigenvalue weighted by atomic mass is 10.2. The van der Waals surface area contributed by atoms with E-state index in [9.17, 15) is 9.59 Å². The summed E-state index contributed by atoms with van der Waals surface area (Å²) in [5.74, 6) is -1.47. The van der Waals surface area contributed by atoms with Crippen molar-refractivity contribution >= 4 is 23.4 Å². The van der Waals surface area contributed by atoms with Crippen molar-refractivity contribution in [3.05, 3.63) is 10.6 Å². The third kappa shape index (κ3) is 2.72. The fourth-order valence-corrected chi connectivity index (χ4v) is 1.56. The van der Waals surface area contributed by atoms with Gasteiger partial charge in [-0.3, -0.25) is 4.79 Å². The van der Waals surface area contributed by atoms with Gasteiger partial charge >= 0.3 is 5.97 Å². The molecule has 2 N–H and O–H groups in total. The molecule has 0 fully saturated rings. The molecule has 6 nitrogen and oxygen atoms in total. The van der Waals surface area contributed by atoms with Crippen LogP contribution in [-0.2, 0) is 4.79 Å². The lowest BCUT2D eigenvalue weighted by Crippen LogP contribution is -2.40. The van der Waals surface area contributed by atoms with Crippen LogP contribution in [0.1, 0.15) is 28.7 Å². The lowest BCUT2D eigenvalue weighted by Gasteiger charge is -2.10. The number of rotatable bonds is 4. The minimum atomic E-state index is -1.04. The number of carbonyl (C=O) groups is 2. The third-order valence-corrected chi connectivity index (χ3v) is 2.70. The van der Waals surface area contributed by atoms with Gasteiger partial charge in [0.2, 0.25) is 0 Å². The van der Waals surface area contributed by atoms with Gasteiger partial charge in [0.15, 0.2) is 0 Å². The van der Waals surface area contributed by atoms with Crippen LogP contribution in [0.25, 0.3) is 0 Å². The summed E-state index contributed by atoms with van der Waals surface area (Å²) < 4.78 is 3.60. The average Bonchev–Trinajstić information content (AvgIpc) is 2.60. The highest BCUT2D eigenvalue weighted by atomic mass is 32.1. The van der Waals surface area contributed by atoms with Gasteiger partial charge in [-0.25, -0.2) is 4.79 Å². The van der Waals surface area contributed by atoms with Crippen molar-refractivity contribution in [2.24, 2.45) is 0 Å². The van der Waals surface area contributed by atoms with E-state index in [1.54, 1.807) is 13.8 Å². The molecule has 1 rings (SSSR count). The Morgan fingerprint density at radius 2 is 2.27 bits per heavy atom. The number of amides is 1. The smallest absolute Gasteiger partial charge is 0.326 e. The monoisotopic (exact) mass is 229 g/mol. The van der Waals surface area contributed by atoms with Crippen LogP contribution >= 0.6 is 11.5 Å². The van der Waals surface area contributed by atoms with Crippen LogP contribution < -0.4 is 5.32 Å². The zero-order valence-corrected chi connectivity index (χ0v) is 9.17. The maximum atomic E-state index is 11.6. The molecule has 1 atom stereocenters. The normalized spacial score (nSPS) is 12.1. The number of aliphatic carboxylic acids is 1. The molecule has 1 amide bonds. The molecule has 0 spiro atoms. The zero-order valence-electron chi connectivity index (χ0n) is 8.35. The van der Waals surface area contributed by atoms with E-state index in [1.165, 1.54) is 0 Å². The molecule has 7 heteroatoms. The number of carboxylic acids is 1. The highest BCUT2D eigenvalue weighted by Crippen LogP contribution is 2.09. The molecule has 0 bridgehead atoms. The van der Waals surface area contributed by atoms with Gasteiger partial charge in [0.25, 0.3) is 5.91 Å². The Balaban J connectivity index is 2.71. The predicted octanol–water partition coefficient (Wildman–Crippen LogP) is 0.440. The van der Waals surface area contributed by atoms with Gasteiger partial charge < -0.3 is 10.4 Å². The van der Waals surface area contributed by atoms with Gasteiger partial charge in [-0.15, -0.1) is 5.10 Å². The first-order valence-electron chi connectivity index (χ1n) is 4.38. The van der Waals surface area contributed by atoms with Crippen molar-refractivity contribution in [1.82, 2.24) is 14.9 Å². The van der Waals surface area contributed by atoms with Gasteiger partial charge in [0.05, 0.1) is 5.69 Å². The van der Waals surface area contributed by atoms with Crippen molar-refractivity contribution in [3.8, 4) is 0 Å². The highest BCUT2D eigenvalue weighted by molar-refractivity contribution is 7.08. The first kappa shape index (κ1) is 11.6. The van der Waals surface area contributed by atoms with E-state index in [0.29, 0.717) is 17.0 Å². The highest BCUT2D eigenvalue weighted by Gasteiger charge is 2.21. The Morgan fingerprint density at radius 3 is 2.67 bits per heavy atom. The van der Waals surface area contributed by atoms with Crippen LogP contribution in [0, 0.1) is 6.92 Å². The topological polar surface area (TPSA) is 92.2 Å². The van der Waals surface area contributed by atoms with E-state index in [0.717, 1.165) is 11.5 Å². The van der Waals surface area contributed by atoms with Crippen LogP contribution in [0.3, 0.4) is 0 Å². The Labute approximate surface area is 90.5 Å². The predicted molar refractivity (Wildman–Crippen MR) is 53.8 cm³/mol. The van der Waals surface area contributed by atoms with Gasteiger partial charge in [-0.05, 0) is 24.9 Å². The van der Waals surface area contributed by atoms with Crippen LogP contribution in [0.5, 0.6) is 0 Å². The van der Waals surface area contributed by atoms with Crippen LogP contribution in [0.15, 0.2) is 0 Å². The molecule has 82 valence electrons. The molecule has 0 aliphatic carbocycles. The zero-order chi connectivity index (χ0) is 11.4. The Hall–Kier alpha value is -1.50. The second-order valence-corrected chi connectivity index (χ2v) is 3.71. The summed E-state index contributed by atoms with van der Waals surface area (Å²) in [5.41, 5.74) is 0.512. The van der Waals surface area contributed by atoms with Crippen LogP contribution in [0.4, 0.5) is 0 Å². The van der Waals surface area contributed by atoms with E-state index >= 15 is 0 Å². The Kier molecular flexibility index (Phi) is 3.73. The van der Waals surface area contributed by atoms with Gasteiger partial charge in [-0.2, -0.15) is 0 Å². The molecule has 0 unspecified atom stereocenters. The quantitative estimate of drug-likeness (QED) is 0.781. The van der Waals surface area contributed by atoms with Crippen molar-refractivity contribution in [2.75, 3.05) is 0 Å². The minimum absolute atomic E-state index is 0.340. The molecule has 1 heterocycles.